The van der Waals surface area contributed by atoms with Gasteiger partial charge in [0, 0.05) is 65.1 Å². The van der Waals surface area contributed by atoms with Gasteiger partial charge in [0.2, 0.25) is 5.95 Å². The minimum Gasteiger partial charge on any atom is -0.378 e. The van der Waals surface area contributed by atoms with Gasteiger partial charge in [-0.15, -0.1) is 0 Å². The van der Waals surface area contributed by atoms with Gasteiger partial charge in [-0.25, -0.2) is 9.97 Å². The first-order valence-corrected chi connectivity index (χ1v) is 11.1. The predicted octanol–water partition coefficient (Wildman–Crippen LogP) is -0.229. The summed E-state index contributed by atoms with van der Waals surface area (Å²) in [4.78, 5) is 13.5. The predicted molar refractivity (Wildman–Crippen MR) is 102 cm³/mol. The number of rotatable bonds is 5. The first-order valence-electron chi connectivity index (χ1n) is 9.75. The maximum Gasteiger partial charge on any atom is 0.282 e. The van der Waals surface area contributed by atoms with Crippen molar-refractivity contribution in [2.45, 2.75) is 19.4 Å². The van der Waals surface area contributed by atoms with Crippen LogP contribution in [0.15, 0.2) is 12.3 Å². The summed E-state index contributed by atoms with van der Waals surface area (Å²) in [5.74, 6) is 0.756. The number of nitrogens with zero attached hydrogens (tertiary/aromatic N) is 6. The molecule has 10 heteroatoms. The Labute approximate surface area is 161 Å². The van der Waals surface area contributed by atoms with E-state index >= 15 is 0 Å². The van der Waals surface area contributed by atoms with E-state index in [2.05, 4.69) is 14.8 Å². The molecular formula is C17H28N6O3S. The lowest BCUT2D eigenvalue weighted by Crippen LogP contribution is -2.52. The van der Waals surface area contributed by atoms with Gasteiger partial charge in [0.25, 0.3) is 10.2 Å². The average molecular weight is 397 g/mol. The van der Waals surface area contributed by atoms with Crippen molar-refractivity contribution in [1.82, 2.24) is 23.5 Å². The van der Waals surface area contributed by atoms with Crippen molar-refractivity contribution in [1.29, 1.82) is 0 Å². The molecule has 0 N–H and O–H groups in total. The Morgan fingerprint density at radius 1 is 0.926 bits per heavy atom. The fraction of sp³-hybridized carbons (Fsp3) is 0.765. The van der Waals surface area contributed by atoms with Crippen molar-refractivity contribution in [2.24, 2.45) is 0 Å². The van der Waals surface area contributed by atoms with Gasteiger partial charge < -0.3 is 9.64 Å². The second-order valence-electron chi connectivity index (χ2n) is 7.24. The van der Waals surface area contributed by atoms with E-state index in [0.29, 0.717) is 39.4 Å². The maximum atomic E-state index is 12.7. The highest BCUT2D eigenvalue weighted by molar-refractivity contribution is 7.86. The van der Waals surface area contributed by atoms with Gasteiger partial charge in [-0.2, -0.15) is 17.0 Å². The summed E-state index contributed by atoms with van der Waals surface area (Å²) in [6.07, 6.45) is 3.75. The monoisotopic (exact) mass is 396 g/mol. The van der Waals surface area contributed by atoms with Gasteiger partial charge in [-0.1, -0.05) is 0 Å². The molecule has 150 valence electrons. The van der Waals surface area contributed by atoms with Crippen LogP contribution in [0.4, 0.5) is 5.95 Å². The van der Waals surface area contributed by atoms with Crippen LogP contribution in [0.25, 0.3) is 0 Å². The van der Waals surface area contributed by atoms with Crippen LogP contribution in [0, 0.1) is 0 Å². The second-order valence-corrected chi connectivity index (χ2v) is 9.16. The molecule has 0 aromatic carbocycles. The van der Waals surface area contributed by atoms with Crippen LogP contribution in [-0.2, 0) is 21.5 Å². The number of morpholine rings is 1. The van der Waals surface area contributed by atoms with Crippen LogP contribution in [0.3, 0.4) is 0 Å². The molecule has 3 fully saturated rings. The van der Waals surface area contributed by atoms with Crippen LogP contribution in [0.2, 0.25) is 0 Å². The number of hydrogen-bond donors (Lipinski definition) is 0. The third-order valence-corrected chi connectivity index (χ3v) is 7.46. The van der Waals surface area contributed by atoms with E-state index in [4.69, 9.17) is 9.72 Å². The maximum absolute atomic E-state index is 12.7. The molecule has 4 heterocycles. The molecule has 1 aromatic heterocycles. The molecule has 0 atom stereocenters. The Balaban J connectivity index is 1.33. The van der Waals surface area contributed by atoms with Gasteiger partial charge in [-0.3, -0.25) is 4.90 Å². The largest absolute Gasteiger partial charge is 0.378 e. The van der Waals surface area contributed by atoms with Crippen molar-refractivity contribution < 1.29 is 13.2 Å². The lowest BCUT2D eigenvalue weighted by Gasteiger charge is -2.35. The molecule has 9 nitrogen and oxygen atoms in total. The second kappa shape index (κ2) is 8.36. The summed E-state index contributed by atoms with van der Waals surface area (Å²) in [6.45, 7) is 7.63. The molecule has 3 aliphatic heterocycles. The molecule has 1 aromatic rings. The zero-order valence-corrected chi connectivity index (χ0v) is 16.5. The molecule has 0 amide bonds. The summed E-state index contributed by atoms with van der Waals surface area (Å²) in [7, 11) is -3.28. The van der Waals surface area contributed by atoms with Crippen LogP contribution < -0.4 is 4.90 Å². The van der Waals surface area contributed by atoms with Gasteiger partial charge >= 0.3 is 0 Å². The van der Waals surface area contributed by atoms with Crippen molar-refractivity contribution in [3.63, 3.8) is 0 Å². The third-order valence-electron chi connectivity index (χ3n) is 5.43. The van der Waals surface area contributed by atoms with E-state index in [0.717, 1.165) is 57.2 Å². The summed E-state index contributed by atoms with van der Waals surface area (Å²) in [6, 6.07) is 1.94. The average Bonchev–Trinajstić information content (AvgIpc) is 3.25. The molecule has 4 rings (SSSR count). The molecule has 27 heavy (non-hydrogen) atoms. The van der Waals surface area contributed by atoms with Crippen molar-refractivity contribution >= 4 is 16.2 Å². The van der Waals surface area contributed by atoms with E-state index in [9.17, 15) is 8.42 Å². The number of anilines is 1. The Morgan fingerprint density at radius 2 is 1.59 bits per heavy atom. The number of piperazine rings is 1. The zero-order chi connectivity index (χ0) is 18.7. The molecule has 3 aliphatic rings. The molecule has 3 saturated heterocycles. The van der Waals surface area contributed by atoms with Gasteiger partial charge in [0.1, 0.15) is 0 Å². The van der Waals surface area contributed by atoms with E-state index in [1.807, 2.05) is 6.07 Å². The Morgan fingerprint density at radius 3 is 2.30 bits per heavy atom. The molecular weight excluding hydrogens is 368 g/mol. The third kappa shape index (κ3) is 4.40. The SMILES string of the molecule is O=S(=O)(N1CCCC1)N1CCN(Cc2ccnc(N3CCOCC3)n2)CC1. The minimum absolute atomic E-state index is 0.542. The van der Waals surface area contributed by atoms with Crippen molar-refractivity contribution in [2.75, 3.05) is 70.5 Å². The number of hydrogen-bond acceptors (Lipinski definition) is 7. The molecule has 0 aliphatic carbocycles. The van der Waals surface area contributed by atoms with Crippen LogP contribution in [-0.4, -0.2) is 97.5 Å². The minimum atomic E-state index is -3.28. The first-order chi connectivity index (χ1) is 13.1. The van der Waals surface area contributed by atoms with Crippen LogP contribution in [0.5, 0.6) is 0 Å². The molecule has 0 unspecified atom stereocenters. The van der Waals surface area contributed by atoms with Crippen molar-refractivity contribution in [3.05, 3.63) is 18.0 Å². The quantitative estimate of drug-likeness (QED) is 0.680. The van der Waals surface area contributed by atoms with Crippen LogP contribution >= 0.6 is 0 Å². The van der Waals surface area contributed by atoms with Gasteiger partial charge in [0.05, 0.1) is 18.9 Å². The molecule has 0 radical (unpaired) electrons. The molecule has 0 saturated carbocycles. The zero-order valence-electron chi connectivity index (χ0n) is 15.7. The topological polar surface area (TPSA) is 82.1 Å². The highest BCUT2D eigenvalue weighted by atomic mass is 32.2. The number of aromatic nitrogens is 2. The van der Waals surface area contributed by atoms with E-state index in [-0.39, 0.29) is 0 Å². The normalized spacial score (nSPS) is 23.8. The standard InChI is InChI=1S/C17H28N6O3S/c24-27(25,22-5-1-2-6-22)23-9-7-20(8-10-23)15-16-3-4-18-17(19-16)21-11-13-26-14-12-21/h3-4H,1-2,5-15H2. The fourth-order valence-corrected chi connectivity index (χ4v) is 5.49. The molecule has 0 spiro atoms. The summed E-state index contributed by atoms with van der Waals surface area (Å²) < 4.78 is 34.0. The first kappa shape index (κ1) is 19.0. The van der Waals surface area contributed by atoms with Gasteiger partial charge in [-0.05, 0) is 18.9 Å². The smallest absolute Gasteiger partial charge is 0.282 e. The Bertz CT molecular complexity index is 726. The lowest BCUT2D eigenvalue weighted by molar-refractivity contribution is 0.122. The number of ether oxygens (including phenoxy) is 1. The summed E-state index contributed by atoms with van der Waals surface area (Å²) in [5, 5.41) is 0. The van der Waals surface area contributed by atoms with E-state index < -0.39 is 10.2 Å². The van der Waals surface area contributed by atoms with Gasteiger partial charge in [0.15, 0.2) is 0 Å². The summed E-state index contributed by atoms with van der Waals surface area (Å²) >= 11 is 0. The van der Waals surface area contributed by atoms with E-state index in [1.165, 1.54) is 0 Å². The van der Waals surface area contributed by atoms with Crippen LogP contribution in [0.1, 0.15) is 18.5 Å². The fourth-order valence-electron chi connectivity index (χ4n) is 3.82. The molecule has 0 bridgehead atoms. The lowest BCUT2D eigenvalue weighted by atomic mass is 10.3. The Hall–Kier alpha value is -1.33. The summed E-state index contributed by atoms with van der Waals surface area (Å²) in [5.41, 5.74) is 0.974. The highest BCUT2D eigenvalue weighted by Crippen LogP contribution is 2.19. The Kier molecular flexibility index (Phi) is 5.88. The van der Waals surface area contributed by atoms with E-state index in [1.54, 1.807) is 14.8 Å². The van der Waals surface area contributed by atoms with Crippen molar-refractivity contribution in [3.8, 4) is 0 Å². The highest BCUT2D eigenvalue weighted by Gasteiger charge is 2.33.